The summed E-state index contributed by atoms with van der Waals surface area (Å²) < 4.78 is 26.0. The number of fused-ring (bicyclic) bond motifs is 1. The van der Waals surface area contributed by atoms with Gasteiger partial charge in [0.2, 0.25) is 5.95 Å². The lowest BCUT2D eigenvalue weighted by molar-refractivity contribution is -0.0172. The topological polar surface area (TPSA) is 74.1 Å². The van der Waals surface area contributed by atoms with E-state index in [9.17, 15) is 4.39 Å². The molecule has 10 heteroatoms. The number of benzene rings is 2. The quantitative estimate of drug-likeness (QED) is 0.727. The molecule has 0 radical (unpaired) electrons. The number of hydrogen-bond donors (Lipinski definition) is 1. The molecule has 2 aromatic carbocycles. The van der Waals surface area contributed by atoms with Crippen molar-refractivity contribution in [2.75, 3.05) is 12.1 Å². The zero-order chi connectivity index (χ0) is 18.1. The summed E-state index contributed by atoms with van der Waals surface area (Å²) in [6.07, 6.45) is 0. The Labute approximate surface area is 157 Å². The summed E-state index contributed by atoms with van der Waals surface area (Å²) in [5.74, 6) is 0.566. The molecule has 1 aromatic heterocycles. The SMILES string of the molecule is Fc1cc(CNc2nnnn2-c2cccc(Cl)c2Cl)c2c(c1)COCO2. The molecule has 0 unspecified atom stereocenters. The Kier molecular flexibility index (Phi) is 4.62. The van der Waals surface area contributed by atoms with Gasteiger partial charge in [-0.05, 0) is 34.7 Å². The number of nitrogens with zero attached hydrogens (tertiary/aromatic N) is 4. The van der Waals surface area contributed by atoms with Gasteiger partial charge in [-0.2, -0.15) is 4.68 Å². The molecule has 0 fully saturated rings. The first-order valence-corrected chi connectivity index (χ1v) is 8.37. The zero-order valence-electron chi connectivity index (χ0n) is 13.2. The van der Waals surface area contributed by atoms with Crippen LogP contribution in [0, 0.1) is 5.82 Å². The number of anilines is 1. The largest absolute Gasteiger partial charge is 0.467 e. The standard InChI is InChI=1S/C16H12Cl2FN5O2/c17-12-2-1-3-13(14(12)18)24-16(21-22-23-24)20-6-9-4-11(19)5-10-7-25-8-26-15(9)10/h1-5H,6-8H2,(H,20,21,23). The summed E-state index contributed by atoms with van der Waals surface area (Å²) in [5.41, 5.74) is 1.82. The van der Waals surface area contributed by atoms with Gasteiger partial charge in [-0.15, -0.1) is 0 Å². The third-order valence-electron chi connectivity index (χ3n) is 3.82. The van der Waals surface area contributed by atoms with E-state index in [0.29, 0.717) is 45.2 Å². The highest BCUT2D eigenvalue weighted by Crippen LogP contribution is 2.31. The number of nitrogens with one attached hydrogen (secondary N) is 1. The van der Waals surface area contributed by atoms with Gasteiger partial charge in [-0.1, -0.05) is 34.4 Å². The molecule has 1 aliphatic heterocycles. The van der Waals surface area contributed by atoms with Gasteiger partial charge in [0.1, 0.15) is 11.6 Å². The summed E-state index contributed by atoms with van der Waals surface area (Å²) in [7, 11) is 0. The maximum atomic E-state index is 13.8. The van der Waals surface area contributed by atoms with Crippen LogP contribution in [0.15, 0.2) is 30.3 Å². The Morgan fingerprint density at radius 3 is 3.04 bits per heavy atom. The molecule has 134 valence electrons. The number of rotatable bonds is 4. The summed E-state index contributed by atoms with van der Waals surface area (Å²) >= 11 is 12.3. The van der Waals surface area contributed by atoms with E-state index in [4.69, 9.17) is 32.7 Å². The number of halogens is 3. The van der Waals surface area contributed by atoms with Crippen molar-refractivity contribution >= 4 is 29.2 Å². The first-order chi connectivity index (χ1) is 12.6. The van der Waals surface area contributed by atoms with E-state index in [0.717, 1.165) is 0 Å². The predicted octanol–water partition coefficient (Wildman–Crippen LogP) is 3.59. The third-order valence-corrected chi connectivity index (χ3v) is 4.63. The average Bonchev–Trinajstić information content (AvgIpc) is 3.10. The normalized spacial score (nSPS) is 13.2. The molecule has 1 N–H and O–H groups in total. The molecule has 7 nitrogen and oxygen atoms in total. The van der Waals surface area contributed by atoms with Crippen LogP contribution in [-0.2, 0) is 17.9 Å². The van der Waals surface area contributed by atoms with Crippen molar-refractivity contribution < 1.29 is 13.9 Å². The second-order valence-corrected chi connectivity index (χ2v) is 6.29. The number of ether oxygens (including phenoxy) is 2. The molecule has 26 heavy (non-hydrogen) atoms. The second-order valence-electron chi connectivity index (χ2n) is 5.50. The predicted molar refractivity (Wildman–Crippen MR) is 93.2 cm³/mol. The number of aromatic nitrogens is 4. The van der Waals surface area contributed by atoms with Gasteiger partial charge in [-0.3, -0.25) is 0 Å². The van der Waals surface area contributed by atoms with E-state index >= 15 is 0 Å². The van der Waals surface area contributed by atoms with Gasteiger partial charge < -0.3 is 14.8 Å². The first-order valence-electron chi connectivity index (χ1n) is 7.62. The second kappa shape index (κ2) is 7.06. The lowest BCUT2D eigenvalue weighted by Gasteiger charge is -2.21. The summed E-state index contributed by atoms with van der Waals surface area (Å²) in [4.78, 5) is 0. The van der Waals surface area contributed by atoms with E-state index in [1.54, 1.807) is 18.2 Å². The van der Waals surface area contributed by atoms with Gasteiger partial charge in [0, 0.05) is 17.7 Å². The smallest absolute Gasteiger partial charge is 0.248 e. The molecule has 0 bridgehead atoms. The van der Waals surface area contributed by atoms with Crippen LogP contribution in [0.1, 0.15) is 11.1 Å². The van der Waals surface area contributed by atoms with Crippen molar-refractivity contribution in [2.24, 2.45) is 0 Å². The van der Waals surface area contributed by atoms with Crippen molar-refractivity contribution in [3.63, 3.8) is 0 Å². The maximum absolute atomic E-state index is 13.8. The molecule has 0 saturated heterocycles. The molecule has 3 aromatic rings. The Bertz CT molecular complexity index is 966. The Morgan fingerprint density at radius 2 is 2.15 bits per heavy atom. The Morgan fingerprint density at radius 1 is 1.27 bits per heavy atom. The van der Waals surface area contributed by atoms with Crippen LogP contribution >= 0.6 is 23.2 Å². The molecule has 0 spiro atoms. The van der Waals surface area contributed by atoms with Gasteiger partial charge in [0.05, 0.1) is 22.3 Å². The van der Waals surface area contributed by atoms with E-state index in [2.05, 4.69) is 20.8 Å². The molecular weight excluding hydrogens is 384 g/mol. The number of tetrazole rings is 1. The van der Waals surface area contributed by atoms with Crippen molar-refractivity contribution in [2.45, 2.75) is 13.2 Å². The highest BCUT2D eigenvalue weighted by atomic mass is 35.5. The summed E-state index contributed by atoms with van der Waals surface area (Å²) in [6.45, 7) is 0.677. The fourth-order valence-electron chi connectivity index (χ4n) is 2.68. The third kappa shape index (κ3) is 3.18. The van der Waals surface area contributed by atoms with Gasteiger partial charge in [0.25, 0.3) is 0 Å². The van der Waals surface area contributed by atoms with Gasteiger partial charge >= 0.3 is 0 Å². The Hall–Kier alpha value is -2.42. The average molecular weight is 396 g/mol. The Balaban J connectivity index is 1.62. The summed E-state index contributed by atoms with van der Waals surface area (Å²) in [5, 5.41) is 15.3. The molecule has 2 heterocycles. The molecular formula is C16H12Cl2FN5O2. The van der Waals surface area contributed by atoms with Gasteiger partial charge in [-0.25, -0.2) is 4.39 Å². The van der Waals surface area contributed by atoms with Crippen LogP contribution in [-0.4, -0.2) is 27.0 Å². The minimum atomic E-state index is -0.368. The van der Waals surface area contributed by atoms with Crippen LogP contribution in [0.25, 0.3) is 5.69 Å². The van der Waals surface area contributed by atoms with E-state index < -0.39 is 0 Å². The van der Waals surface area contributed by atoms with Crippen molar-refractivity contribution in [1.82, 2.24) is 20.2 Å². The lowest BCUT2D eigenvalue weighted by atomic mass is 10.1. The number of hydrogen-bond acceptors (Lipinski definition) is 6. The highest BCUT2D eigenvalue weighted by molar-refractivity contribution is 6.43. The zero-order valence-corrected chi connectivity index (χ0v) is 14.8. The van der Waals surface area contributed by atoms with Crippen LogP contribution in [0.5, 0.6) is 5.75 Å². The van der Waals surface area contributed by atoms with Crippen LogP contribution in [0.4, 0.5) is 10.3 Å². The van der Waals surface area contributed by atoms with E-state index in [1.807, 2.05) is 0 Å². The molecule has 1 aliphatic rings. The molecule has 0 atom stereocenters. The fraction of sp³-hybridized carbons (Fsp3) is 0.188. The van der Waals surface area contributed by atoms with Crippen LogP contribution < -0.4 is 10.1 Å². The van der Waals surface area contributed by atoms with Crippen LogP contribution in [0.2, 0.25) is 10.0 Å². The highest BCUT2D eigenvalue weighted by Gasteiger charge is 2.18. The van der Waals surface area contributed by atoms with E-state index in [1.165, 1.54) is 16.8 Å². The van der Waals surface area contributed by atoms with E-state index in [-0.39, 0.29) is 19.2 Å². The monoisotopic (exact) mass is 395 g/mol. The van der Waals surface area contributed by atoms with Gasteiger partial charge in [0.15, 0.2) is 6.79 Å². The molecule has 0 aliphatic carbocycles. The van der Waals surface area contributed by atoms with Crippen molar-refractivity contribution in [3.05, 3.63) is 57.3 Å². The fourth-order valence-corrected chi connectivity index (χ4v) is 3.05. The minimum Gasteiger partial charge on any atom is -0.467 e. The molecule has 0 saturated carbocycles. The summed E-state index contributed by atoms with van der Waals surface area (Å²) in [6, 6.07) is 7.95. The first kappa shape index (κ1) is 17.0. The molecule has 4 rings (SSSR count). The van der Waals surface area contributed by atoms with Crippen LogP contribution in [0.3, 0.4) is 0 Å². The maximum Gasteiger partial charge on any atom is 0.248 e. The molecule has 0 amide bonds. The minimum absolute atomic E-state index is 0.126. The lowest BCUT2D eigenvalue weighted by Crippen LogP contribution is -2.15. The van der Waals surface area contributed by atoms with Crippen molar-refractivity contribution in [3.8, 4) is 11.4 Å². The van der Waals surface area contributed by atoms with Crippen molar-refractivity contribution in [1.29, 1.82) is 0 Å².